The lowest BCUT2D eigenvalue weighted by molar-refractivity contribution is 0.306. The van der Waals surface area contributed by atoms with Crippen LogP contribution in [0.3, 0.4) is 0 Å². The van der Waals surface area contributed by atoms with Gasteiger partial charge >= 0.3 is 0 Å². The van der Waals surface area contributed by atoms with Gasteiger partial charge in [0.15, 0.2) is 9.84 Å². The normalized spacial score (nSPS) is 11.2. The molecule has 2 N–H and O–H groups in total. The molecule has 0 fully saturated rings. The Morgan fingerprint density at radius 1 is 1.11 bits per heavy atom. The topological polar surface area (TPSA) is 69.4 Å². The first-order valence-electron chi connectivity index (χ1n) is 5.73. The molecule has 0 aliphatic heterocycles. The number of para-hydroxylation sites is 1. The number of ether oxygens (including phenoxy) is 1. The lowest BCUT2D eigenvalue weighted by Crippen LogP contribution is -2.01. The molecule has 2 aromatic carbocycles. The second kappa shape index (κ2) is 5.32. The Morgan fingerprint density at radius 3 is 2.53 bits per heavy atom. The van der Waals surface area contributed by atoms with E-state index in [0.29, 0.717) is 18.0 Å². The van der Waals surface area contributed by atoms with Crippen molar-refractivity contribution >= 4 is 15.5 Å². The third-order valence-corrected chi connectivity index (χ3v) is 3.79. The third kappa shape index (κ3) is 3.48. The summed E-state index contributed by atoms with van der Waals surface area (Å²) in [6.45, 7) is 0.305. The molecule has 0 aliphatic carbocycles. The number of hydrogen-bond acceptors (Lipinski definition) is 4. The largest absolute Gasteiger partial charge is 0.489 e. The van der Waals surface area contributed by atoms with Crippen molar-refractivity contribution in [1.82, 2.24) is 0 Å². The molecule has 0 aromatic heterocycles. The smallest absolute Gasteiger partial charge is 0.175 e. The molecular formula is C14H15NO3S. The first-order chi connectivity index (χ1) is 8.97. The zero-order chi connectivity index (χ0) is 13.9. The molecule has 2 aromatic rings. The van der Waals surface area contributed by atoms with Crippen LogP contribution in [0.4, 0.5) is 5.69 Å². The Kier molecular flexibility index (Phi) is 3.76. The van der Waals surface area contributed by atoms with Crippen LogP contribution in [-0.4, -0.2) is 14.7 Å². The Balaban J connectivity index is 2.15. The lowest BCUT2D eigenvalue weighted by Gasteiger charge is -2.09. The molecule has 0 spiro atoms. The van der Waals surface area contributed by atoms with E-state index in [1.807, 2.05) is 18.2 Å². The Bertz CT molecular complexity index is 681. The number of rotatable bonds is 4. The number of sulfone groups is 1. The van der Waals surface area contributed by atoms with Crippen LogP contribution in [0.2, 0.25) is 0 Å². The van der Waals surface area contributed by atoms with Gasteiger partial charge in [-0.2, -0.15) is 0 Å². The van der Waals surface area contributed by atoms with Gasteiger partial charge in [0.1, 0.15) is 12.4 Å². The van der Waals surface area contributed by atoms with E-state index in [9.17, 15) is 8.42 Å². The zero-order valence-corrected chi connectivity index (χ0v) is 11.4. The molecular weight excluding hydrogens is 262 g/mol. The fraction of sp³-hybridized carbons (Fsp3) is 0.143. The van der Waals surface area contributed by atoms with Gasteiger partial charge in [-0.1, -0.05) is 24.3 Å². The van der Waals surface area contributed by atoms with Crippen molar-refractivity contribution in [2.75, 3.05) is 12.0 Å². The lowest BCUT2D eigenvalue weighted by atomic mass is 10.2. The fourth-order valence-corrected chi connectivity index (χ4v) is 2.28. The third-order valence-electron chi connectivity index (χ3n) is 2.68. The van der Waals surface area contributed by atoms with Gasteiger partial charge in [-0.25, -0.2) is 8.42 Å². The molecule has 0 aliphatic rings. The highest BCUT2D eigenvalue weighted by molar-refractivity contribution is 7.90. The first kappa shape index (κ1) is 13.4. The van der Waals surface area contributed by atoms with Gasteiger partial charge in [0, 0.05) is 17.5 Å². The van der Waals surface area contributed by atoms with Crippen molar-refractivity contribution in [2.24, 2.45) is 0 Å². The van der Waals surface area contributed by atoms with Crippen LogP contribution in [-0.2, 0) is 16.4 Å². The zero-order valence-electron chi connectivity index (χ0n) is 10.5. The van der Waals surface area contributed by atoms with Crippen molar-refractivity contribution in [1.29, 1.82) is 0 Å². The minimum absolute atomic E-state index is 0.242. The molecule has 0 saturated heterocycles. The van der Waals surface area contributed by atoms with Crippen molar-refractivity contribution in [3.8, 4) is 5.75 Å². The van der Waals surface area contributed by atoms with Crippen LogP contribution in [0.15, 0.2) is 53.4 Å². The standard InChI is InChI=1S/C14H15NO3S/c1-19(16,17)13-7-4-6-12(9-13)18-10-11-5-2-3-8-14(11)15/h2-9H,10,15H2,1H3. The maximum Gasteiger partial charge on any atom is 0.175 e. The number of hydrogen-bond donors (Lipinski definition) is 1. The van der Waals surface area contributed by atoms with Gasteiger partial charge < -0.3 is 10.5 Å². The molecule has 0 heterocycles. The molecule has 0 unspecified atom stereocenters. The van der Waals surface area contributed by atoms with Crippen LogP contribution >= 0.6 is 0 Å². The summed E-state index contributed by atoms with van der Waals surface area (Å²) in [5.41, 5.74) is 7.33. The summed E-state index contributed by atoms with van der Waals surface area (Å²) >= 11 is 0. The highest BCUT2D eigenvalue weighted by atomic mass is 32.2. The second-order valence-electron chi connectivity index (χ2n) is 4.23. The van der Waals surface area contributed by atoms with Gasteiger partial charge in [0.05, 0.1) is 4.90 Å². The highest BCUT2D eigenvalue weighted by Crippen LogP contribution is 2.19. The number of nitrogens with two attached hydrogens (primary N) is 1. The quantitative estimate of drug-likeness (QED) is 0.870. The fourth-order valence-electron chi connectivity index (χ4n) is 1.62. The molecule has 100 valence electrons. The number of anilines is 1. The van der Waals surface area contributed by atoms with E-state index in [0.717, 1.165) is 5.56 Å². The van der Waals surface area contributed by atoms with E-state index < -0.39 is 9.84 Å². The molecule has 0 amide bonds. The summed E-state index contributed by atoms with van der Waals surface area (Å²) in [5, 5.41) is 0. The first-order valence-corrected chi connectivity index (χ1v) is 7.62. The van der Waals surface area contributed by atoms with Gasteiger partial charge in [-0.05, 0) is 24.3 Å². The Labute approximate surface area is 112 Å². The van der Waals surface area contributed by atoms with E-state index in [2.05, 4.69) is 0 Å². The van der Waals surface area contributed by atoms with E-state index in [1.54, 1.807) is 24.3 Å². The average Bonchev–Trinajstić information content (AvgIpc) is 2.37. The molecule has 19 heavy (non-hydrogen) atoms. The van der Waals surface area contributed by atoms with Gasteiger partial charge in [0.2, 0.25) is 0 Å². The monoisotopic (exact) mass is 277 g/mol. The predicted octanol–water partition coefficient (Wildman–Crippen LogP) is 2.25. The maximum absolute atomic E-state index is 11.4. The van der Waals surface area contributed by atoms with Crippen LogP contribution < -0.4 is 10.5 Å². The number of nitrogen functional groups attached to an aromatic ring is 1. The molecule has 0 bridgehead atoms. The summed E-state index contributed by atoms with van der Waals surface area (Å²) in [6.07, 6.45) is 1.17. The SMILES string of the molecule is CS(=O)(=O)c1cccc(OCc2ccccc2N)c1. The van der Waals surface area contributed by atoms with Crippen LogP contribution in [0.1, 0.15) is 5.56 Å². The van der Waals surface area contributed by atoms with Crippen LogP contribution in [0.25, 0.3) is 0 Å². The second-order valence-corrected chi connectivity index (χ2v) is 6.25. The van der Waals surface area contributed by atoms with E-state index in [4.69, 9.17) is 10.5 Å². The van der Waals surface area contributed by atoms with Crippen LogP contribution in [0.5, 0.6) is 5.75 Å². The number of benzene rings is 2. The molecule has 2 rings (SSSR count). The Morgan fingerprint density at radius 2 is 1.84 bits per heavy atom. The van der Waals surface area contributed by atoms with E-state index >= 15 is 0 Å². The molecule has 0 radical (unpaired) electrons. The van der Waals surface area contributed by atoms with E-state index in [1.165, 1.54) is 12.3 Å². The van der Waals surface area contributed by atoms with Crippen molar-refractivity contribution in [3.63, 3.8) is 0 Å². The van der Waals surface area contributed by atoms with Gasteiger partial charge in [-0.3, -0.25) is 0 Å². The van der Waals surface area contributed by atoms with Crippen LogP contribution in [0, 0.1) is 0 Å². The van der Waals surface area contributed by atoms with Crippen molar-refractivity contribution in [2.45, 2.75) is 11.5 Å². The van der Waals surface area contributed by atoms with Crippen molar-refractivity contribution in [3.05, 3.63) is 54.1 Å². The van der Waals surface area contributed by atoms with Gasteiger partial charge in [0.25, 0.3) is 0 Å². The minimum atomic E-state index is -3.22. The highest BCUT2D eigenvalue weighted by Gasteiger charge is 2.08. The molecule has 0 saturated carbocycles. The van der Waals surface area contributed by atoms with Gasteiger partial charge in [-0.15, -0.1) is 0 Å². The predicted molar refractivity (Wildman–Crippen MR) is 74.7 cm³/mol. The average molecular weight is 277 g/mol. The van der Waals surface area contributed by atoms with E-state index in [-0.39, 0.29) is 4.90 Å². The summed E-state index contributed by atoms with van der Waals surface area (Å²) in [7, 11) is -3.22. The summed E-state index contributed by atoms with van der Waals surface area (Å²) in [5.74, 6) is 0.506. The summed E-state index contributed by atoms with van der Waals surface area (Å²) in [6, 6.07) is 13.8. The minimum Gasteiger partial charge on any atom is -0.489 e. The summed E-state index contributed by atoms with van der Waals surface area (Å²) < 4.78 is 28.4. The molecule has 0 atom stereocenters. The maximum atomic E-state index is 11.4. The Hall–Kier alpha value is -2.01. The summed E-state index contributed by atoms with van der Waals surface area (Å²) in [4.78, 5) is 0.242. The molecule has 5 heteroatoms. The van der Waals surface area contributed by atoms with Crippen molar-refractivity contribution < 1.29 is 13.2 Å². The molecule has 4 nitrogen and oxygen atoms in total.